The van der Waals surface area contributed by atoms with Crippen LogP contribution in [0.5, 0.6) is 5.88 Å². The van der Waals surface area contributed by atoms with Gasteiger partial charge >= 0.3 is 0 Å². The number of rotatable bonds is 3. The molecule has 2 fully saturated rings. The van der Waals surface area contributed by atoms with Gasteiger partial charge in [-0.25, -0.2) is 9.67 Å². The molecule has 0 spiro atoms. The zero-order valence-corrected chi connectivity index (χ0v) is 21.7. The van der Waals surface area contributed by atoms with E-state index in [2.05, 4.69) is 48.8 Å². The molecule has 0 radical (unpaired) electrons. The van der Waals surface area contributed by atoms with Crippen molar-refractivity contribution in [1.82, 2.24) is 29.6 Å². The van der Waals surface area contributed by atoms with E-state index >= 15 is 0 Å². The van der Waals surface area contributed by atoms with E-state index in [1.165, 1.54) is 12.8 Å². The Morgan fingerprint density at radius 3 is 2.76 bits per heavy atom. The molecule has 4 aromatic rings. The zero-order chi connectivity index (χ0) is 25.8. The van der Waals surface area contributed by atoms with Crippen LogP contribution < -0.4 is 20.7 Å². The number of hydrogen-bond donors (Lipinski definition) is 3. The van der Waals surface area contributed by atoms with Gasteiger partial charge in [-0.05, 0) is 68.9 Å². The average Bonchev–Trinajstić information content (AvgIpc) is 3.56. The van der Waals surface area contributed by atoms with Crippen molar-refractivity contribution in [2.24, 2.45) is 13.0 Å². The number of nitrogens with one attached hydrogen (secondary N) is 3. The van der Waals surface area contributed by atoms with Gasteiger partial charge in [0.1, 0.15) is 0 Å². The maximum Gasteiger partial charge on any atom is 0.258 e. The molecule has 5 heterocycles. The monoisotopic (exact) mass is 512 g/mol. The second kappa shape index (κ2) is 9.13. The fourth-order valence-electron chi connectivity index (χ4n) is 5.64. The van der Waals surface area contributed by atoms with Gasteiger partial charge in [0.15, 0.2) is 0 Å². The predicted molar refractivity (Wildman–Crippen MR) is 146 cm³/mol. The largest absolute Gasteiger partial charge is 0.477 e. The van der Waals surface area contributed by atoms with Crippen molar-refractivity contribution in [3.63, 3.8) is 0 Å². The molecule has 3 aromatic heterocycles. The number of pyridine rings is 1. The van der Waals surface area contributed by atoms with Gasteiger partial charge in [0.2, 0.25) is 11.8 Å². The van der Waals surface area contributed by atoms with Gasteiger partial charge in [-0.2, -0.15) is 5.10 Å². The highest BCUT2D eigenvalue weighted by Crippen LogP contribution is 2.45. The third kappa shape index (κ3) is 4.18. The Hall–Kier alpha value is -3.92. The molecule has 3 N–H and O–H groups in total. The van der Waals surface area contributed by atoms with Crippen LogP contribution in [0.25, 0.3) is 22.3 Å². The van der Waals surface area contributed by atoms with Crippen LogP contribution in [0, 0.1) is 12.8 Å². The molecule has 1 saturated carbocycles. The summed E-state index contributed by atoms with van der Waals surface area (Å²) < 4.78 is 10.3. The first-order chi connectivity index (χ1) is 18.5. The van der Waals surface area contributed by atoms with Crippen LogP contribution in [0.3, 0.4) is 0 Å². The summed E-state index contributed by atoms with van der Waals surface area (Å²) in [6.07, 6.45) is 5.93. The number of aryl methyl sites for hydroxylation is 2. The number of nitrogens with zero attached hydrogens (tertiary/aromatic N) is 5. The second-order valence-corrected chi connectivity index (χ2v) is 10.7. The molecule has 10 heteroatoms. The van der Waals surface area contributed by atoms with E-state index in [1.54, 1.807) is 16.9 Å². The number of amides is 1. The zero-order valence-electron chi connectivity index (χ0n) is 21.7. The number of benzene rings is 1. The molecule has 1 unspecified atom stereocenters. The Kier molecular flexibility index (Phi) is 5.57. The minimum atomic E-state index is -0.204. The standard InChI is InChI=1S/C28H32N8O2/c1-16-10-18-11-22(31-16)21-15-30-35(2)27(21)38-9-3-4-24(17-5-6-17)36-25-8-7-19(32-20-13-29-14-20)12-23(25)33-28(36)34-26(18)37/h7-8,10-12,15,17,20,24,29,32H,3-6,9,13-14H2,1-2H3,(H,33,34,37). The SMILES string of the molecule is Cc1cc2cc(n1)-c1cnn(C)c1OCCCC(C1CC1)n1c(nc3cc(NC4CNC4)ccc31)NC2=O. The Morgan fingerprint density at radius 1 is 1.11 bits per heavy atom. The number of hydrogen-bond acceptors (Lipinski definition) is 7. The second-order valence-electron chi connectivity index (χ2n) is 10.7. The number of carbonyl (C=O) groups is 1. The Bertz CT molecular complexity index is 1530. The van der Waals surface area contributed by atoms with Crippen LogP contribution in [0.2, 0.25) is 0 Å². The minimum Gasteiger partial charge on any atom is -0.477 e. The van der Waals surface area contributed by atoms with E-state index in [-0.39, 0.29) is 11.9 Å². The fraction of sp³-hybridized carbons (Fsp3) is 0.429. The maximum atomic E-state index is 13.6. The molecular formula is C28H32N8O2. The summed E-state index contributed by atoms with van der Waals surface area (Å²) in [6, 6.07) is 10.6. The van der Waals surface area contributed by atoms with Gasteiger partial charge in [-0.15, -0.1) is 0 Å². The number of anilines is 2. The highest BCUT2D eigenvalue weighted by Gasteiger charge is 2.35. The van der Waals surface area contributed by atoms with Gasteiger partial charge in [0.25, 0.3) is 5.91 Å². The van der Waals surface area contributed by atoms with Crippen molar-refractivity contribution in [2.75, 3.05) is 30.3 Å². The lowest BCUT2D eigenvalue weighted by Gasteiger charge is -2.29. The van der Waals surface area contributed by atoms with Crippen LogP contribution >= 0.6 is 0 Å². The van der Waals surface area contributed by atoms with E-state index in [0.29, 0.717) is 41.7 Å². The summed E-state index contributed by atoms with van der Waals surface area (Å²) >= 11 is 0. The van der Waals surface area contributed by atoms with Crippen LogP contribution in [0.4, 0.5) is 11.6 Å². The first kappa shape index (κ1) is 23.2. The smallest absolute Gasteiger partial charge is 0.258 e. The van der Waals surface area contributed by atoms with Crippen LogP contribution in [-0.4, -0.2) is 56.0 Å². The first-order valence-corrected chi connectivity index (χ1v) is 13.5. The summed E-state index contributed by atoms with van der Waals surface area (Å²) in [4.78, 5) is 23.3. The van der Waals surface area contributed by atoms with E-state index in [4.69, 9.17) is 9.72 Å². The molecule has 1 atom stereocenters. The molecule has 7 rings (SSSR count). The number of fused-ring (bicyclic) bond motifs is 7. The number of carbonyl (C=O) groups excluding carboxylic acids is 1. The summed E-state index contributed by atoms with van der Waals surface area (Å²) in [5.41, 5.74) is 5.71. The number of ether oxygens (including phenoxy) is 1. The highest BCUT2D eigenvalue weighted by molar-refractivity contribution is 6.05. The summed E-state index contributed by atoms with van der Waals surface area (Å²) in [5.74, 6) is 1.63. The lowest BCUT2D eigenvalue weighted by atomic mass is 10.1. The van der Waals surface area contributed by atoms with E-state index in [1.807, 2.05) is 20.0 Å². The van der Waals surface area contributed by atoms with E-state index in [9.17, 15) is 4.79 Å². The van der Waals surface area contributed by atoms with Crippen LogP contribution in [0.15, 0.2) is 36.5 Å². The van der Waals surface area contributed by atoms with Gasteiger partial charge in [-0.3, -0.25) is 15.1 Å². The van der Waals surface area contributed by atoms with Crippen molar-refractivity contribution in [3.8, 4) is 17.1 Å². The van der Waals surface area contributed by atoms with Gasteiger partial charge in [0.05, 0.1) is 41.1 Å². The Labute approximate surface area is 220 Å². The molecule has 10 nitrogen and oxygen atoms in total. The summed E-state index contributed by atoms with van der Waals surface area (Å²) in [7, 11) is 1.87. The Balaban J connectivity index is 1.32. The van der Waals surface area contributed by atoms with Crippen molar-refractivity contribution >= 4 is 28.6 Å². The fourth-order valence-corrected chi connectivity index (χ4v) is 5.64. The van der Waals surface area contributed by atoms with Gasteiger partial charge in [-0.1, -0.05) is 0 Å². The lowest BCUT2D eigenvalue weighted by Crippen LogP contribution is -2.51. The van der Waals surface area contributed by atoms with Crippen molar-refractivity contribution in [3.05, 3.63) is 47.8 Å². The molecule has 196 valence electrons. The molecular weight excluding hydrogens is 480 g/mol. The van der Waals surface area contributed by atoms with Crippen LogP contribution in [0.1, 0.15) is 47.8 Å². The molecule has 1 aliphatic carbocycles. The molecule has 1 saturated heterocycles. The van der Waals surface area contributed by atoms with Crippen molar-refractivity contribution in [1.29, 1.82) is 0 Å². The number of imidazole rings is 1. The summed E-state index contributed by atoms with van der Waals surface area (Å²) in [5, 5.41) is 14.4. The highest BCUT2D eigenvalue weighted by atomic mass is 16.5. The first-order valence-electron chi connectivity index (χ1n) is 13.5. The maximum absolute atomic E-state index is 13.6. The van der Waals surface area contributed by atoms with Crippen molar-refractivity contribution < 1.29 is 9.53 Å². The number of aromatic nitrogens is 5. The van der Waals surface area contributed by atoms with E-state index in [0.717, 1.165) is 53.9 Å². The molecule has 2 aliphatic heterocycles. The lowest BCUT2D eigenvalue weighted by molar-refractivity contribution is 0.102. The Morgan fingerprint density at radius 2 is 1.97 bits per heavy atom. The molecule has 1 aromatic carbocycles. The third-order valence-corrected chi connectivity index (χ3v) is 7.82. The normalized spacial score (nSPS) is 20.1. The average molecular weight is 513 g/mol. The van der Waals surface area contributed by atoms with Gasteiger partial charge < -0.3 is 19.9 Å². The molecule has 1 amide bonds. The molecule has 38 heavy (non-hydrogen) atoms. The van der Waals surface area contributed by atoms with Crippen molar-refractivity contribution in [2.45, 2.75) is 44.7 Å². The minimum absolute atomic E-state index is 0.204. The third-order valence-electron chi connectivity index (χ3n) is 7.82. The van der Waals surface area contributed by atoms with E-state index < -0.39 is 0 Å². The summed E-state index contributed by atoms with van der Waals surface area (Å²) in [6.45, 7) is 4.40. The topological polar surface area (TPSA) is 111 Å². The quantitative estimate of drug-likeness (QED) is 0.382. The molecule has 2 bridgehead atoms. The van der Waals surface area contributed by atoms with Crippen LogP contribution in [-0.2, 0) is 7.05 Å². The van der Waals surface area contributed by atoms with Gasteiger partial charge in [0, 0.05) is 43.1 Å². The predicted octanol–water partition coefficient (Wildman–Crippen LogP) is 3.90. The molecule has 3 aliphatic rings.